The summed E-state index contributed by atoms with van der Waals surface area (Å²) < 4.78 is 0. The van der Waals surface area contributed by atoms with Gasteiger partial charge in [0, 0.05) is 18.7 Å². The molecule has 0 aliphatic rings. The predicted molar refractivity (Wildman–Crippen MR) is 93.0 cm³/mol. The molecule has 8 nitrogen and oxygen atoms in total. The number of hydrogen-bond donors (Lipinski definition) is 5. The van der Waals surface area contributed by atoms with E-state index in [2.05, 4.69) is 10.6 Å². The number of hydrazine groups is 1. The van der Waals surface area contributed by atoms with Crippen molar-refractivity contribution in [2.24, 2.45) is 5.84 Å². The van der Waals surface area contributed by atoms with E-state index in [4.69, 9.17) is 10.9 Å². The zero-order chi connectivity index (χ0) is 18.2. The van der Waals surface area contributed by atoms with Crippen LogP contribution in [0, 0.1) is 0 Å². The Kier molecular flexibility index (Phi) is 6.63. The second-order valence-corrected chi connectivity index (χ2v) is 6.08. The maximum Gasteiger partial charge on any atom is 0.275 e. The molecule has 3 amide bonds. The average Bonchev–Trinajstić information content (AvgIpc) is 3.14. The largest absolute Gasteiger partial charge is 0.395 e. The SMILES string of the molecule is NNC(=O)c1ccc(C(=O)NCc2ccc(C(=O)NCCO)cc2)s1. The molecule has 0 bridgehead atoms. The number of aliphatic hydroxyl groups excluding tert-OH is 1. The lowest BCUT2D eigenvalue weighted by molar-refractivity contribution is 0.0939. The minimum Gasteiger partial charge on any atom is -0.395 e. The lowest BCUT2D eigenvalue weighted by atomic mass is 10.1. The lowest BCUT2D eigenvalue weighted by Crippen LogP contribution is -2.29. The molecule has 0 spiro atoms. The molecule has 132 valence electrons. The van der Waals surface area contributed by atoms with Crippen LogP contribution in [-0.4, -0.2) is 36.0 Å². The van der Waals surface area contributed by atoms with Crippen LogP contribution in [0.25, 0.3) is 0 Å². The summed E-state index contributed by atoms with van der Waals surface area (Å²) in [6, 6.07) is 9.83. The average molecular weight is 362 g/mol. The lowest BCUT2D eigenvalue weighted by Gasteiger charge is -2.06. The summed E-state index contributed by atoms with van der Waals surface area (Å²) in [7, 11) is 0. The normalized spacial score (nSPS) is 10.2. The Morgan fingerprint density at radius 1 is 0.920 bits per heavy atom. The highest BCUT2D eigenvalue weighted by Crippen LogP contribution is 2.16. The molecule has 9 heteroatoms. The van der Waals surface area contributed by atoms with Gasteiger partial charge in [0.2, 0.25) is 0 Å². The Morgan fingerprint density at radius 3 is 2.16 bits per heavy atom. The second kappa shape index (κ2) is 8.92. The molecule has 1 heterocycles. The number of aliphatic hydroxyl groups is 1. The highest BCUT2D eigenvalue weighted by molar-refractivity contribution is 7.15. The molecule has 2 aromatic rings. The predicted octanol–water partition coefficient (Wildman–Crippen LogP) is 0.00370. The van der Waals surface area contributed by atoms with Crippen LogP contribution in [-0.2, 0) is 6.54 Å². The van der Waals surface area contributed by atoms with Crippen molar-refractivity contribution < 1.29 is 19.5 Å². The third-order valence-electron chi connectivity index (χ3n) is 3.25. The van der Waals surface area contributed by atoms with Gasteiger partial charge in [-0.25, -0.2) is 5.84 Å². The van der Waals surface area contributed by atoms with Crippen LogP contribution in [0.3, 0.4) is 0 Å². The van der Waals surface area contributed by atoms with Gasteiger partial charge in [0.05, 0.1) is 16.4 Å². The number of carbonyl (C=O) groups excluding carboxylic acids is 3. The van der Waals surface area contributed by atoms with E-state index in [0.717, 1.165) is 16.9 Å². The van der Waals surface area contributed by atoms with Gasteiger partial charge in [-0.2, -0.15) is 0 Å². The molecule has 0 radical (unpaired) electrons. The fourth-order valence-corrected chi connectivity index (χ4v) is 2.79. The third-order valence-corrected chi connectivity index (χ3v) is 4.33. The summed E-state index contributed by atoms with van der Waals surface area (Å²) in [5, 5.41) is 14.0. The van der Waals surface area contributed by atoms with E-state index in [0.29, 0.717) is 15.3 Å². The van der Waals surface area contributed by atoms with Gasteiger partial charge in [0.15, 0.2) is 0 Å². The maximum absolute atomic E-state index is 12.1. The topological polar surface area (TPSA) is 134 Å². The number of hydrogen-bond acceptors (Lipinski definition) is 6. The first-order valence-electron chi connectivity index (χ1n) is 7.42. The van der Waals surface area contributed by atoms with Gasteiger partial charge < -0.3 is 15.7 Å². The van der Waals surface area contributed by atoms with E-state index in [1.165, 1.54) is 6.07 Å². The smallest absolute Gasteiger partial charge is 0.275 e. The first-order valence-corrected chi connectivity index (χ1v) is 8.23. The van der Waals surface area contributed by atoms with E-state index in [1.54, 1.807) is 30.3 Å². The number of thiophene rings is 1. The molecule has 0 fully saturated rings. The van der Waals surface area contributed by atoms with Gasteiger partial charge in [-0.3, -0.25) is 19.8 Å². The van der Waals surface area contributed by atoms with Crippen LogP contribution < -0.4 is 21.9 Å². The molecule has 6 N–H and O–H groups in total. The first kappa shape index (κ1) is 18.6. The van der Waals surface area contributed by atoms with Crippen LogP contribution >= 0.6 is 11.3 Å². The van der Waals surface area contributed by atoms with Crippen molar-refractivity contribution in [1.29, 1.82) is 0 Å². The second-order valence-electron chi connectivity index (χ2n) is 5.00. The summed E-state index contributed by atoms with van der Waals surface area (Å²) in [5.74, 6) is 4.04. The van der Waals surface area contributed by atoms with Crippen molar-refractivity contribution in [2.45, 2.75) is 6.54 Å². The van der Waals surface area contributed by atoms with Gasteiger partial charge in [0.1, 0.15) is 0 Å². The maximum atomic E-state index is 12.1. The fraction of sp³-hybridized carbons (Fsp3) is 0.188. The zero-order valence-corrected chi connectivity index (χ0v) is 14.1. The highest BCUT2D eigenvalue weighted by Gasteiger charge is 2.13. The molecule has 25 heavy (non-hydrogen) atoms. The Labute approximate surface area is 148 Å². The number of nitrogens with one attached hydrogen (secondary N) is 3. The van der Waals surface area contributed by atoms with Gasteiger partial charge in [-0.15, -0.1) is 11.3 Å². The van der Waals surface area contributed by atoms with Crippen molar-refractivity contribution in [3.8, 4) is 0 Å². The molecule has 0 saturated heterocycles. The van der Waals surface area contributed by atoms with Crippen molar-refractivity contribution in [2.75, 3.05) is 13.2 Å². The summed E-state index contributed by atoms with van der Waals surface area (Å²) in [5.41, 5.74) is 3.31. The number of amides is 3. The minimum atomic E-state index is -0.445. The van der Waals surface area contributed by atoms with Crippen molar-refractivity contribution >= 4 is 29.1 Å². The summed E-state index contributed by atoms with van der Waals surface area (Å²) in [6.07, 6.45) is 0. The molecule has 0 atom stereocenters. The summed E-state index contributed by atoms with van der Waals surface area (Å²) in [6.45, 7) is 0.364. The summed E-state index contributed by atoms with van der Waals surface area (Å²) in [4.78, 5) is 35.9. The van der Waals surface area contributed by atoms with Gasteiger partial charge in [-0.1, -0.05) is 12.1 Å². The van der Waals surface area contributed by atoms with Crippen LogP contribution in [0.2, 0.25) is 0 Å². The first-order chi connectivity index (χ1) is 12.0. The van der Waals surface area contributed by atoms with E-state index < -0.39 is 5.91 Å². The number of nitrogen functional groups attached to an aromatic ring is 1. The Morgan fingerprint density at radius 2 is 1.56 bits per heavy atom. The Balaban J connectivity index is 1.90. The van der Waals surface area contributed by atoms with Crippen LogP contribution in [0.1, 0.15) is 35.3 Å². The monoisotopic (exact) mass is 362 g/mol. The molecule has 2 rings (SSSR count). The molecule has 0 aliphatic carbocycles. The summed E-state index contributed by atoms with van der Waals surface area (Å²) >= 11 is 1.05. The van der Waals surface area contributed by atoms with Gasteiger partial charge >= 0.3 is 0 Å². The number of benzene rings is 1. The molecule has 0 saturated carbocycles. The minimum absolute atomic E-state index is 0.118. The van der Waals surface area contributed by atoms with E-state index in [1.807, 2.05) is 5.43 Å². The third kappa shape index (κ3) is 5.11. The standard InChI is InChI=1S/C16H18N4O4S/c17-20-16(24)13-6-5-12(25-13)15(23)19-9-10-1-3-11(4-2-10)14(22)18-7-8-21/h1-6,21H,7-9,17H2,(H,18,22)(H,19,23)(H,20,24). The van der Waals surface area contributed by atoms with E-state index >= 15 is 0 Å². The molecule has 0 aliphatic heterocycles. The zero-order valence-electron chi connectivity index (χ0n) is 13.2. The molecule has 1 aromatic heterocycles. The van der Waals surface area contributed by atoms with Crippen LogP contribution in [0.15, 0.2) is 36.4 Å². The van der Waals surface area contributed by atoms with Crippen LogP contribution in [0.5, 0.6) is 0 Å². The molecule has 0 unspecified atom stereocenters. The van der Waals surface area contributed by atoms with Crippen molar-refractivity contribution in [3.63, 3.8) is 0 Å². The molecular formula is C16H18N4O4S. The van der Waals surface area contributed by atoms with Gasteiger partial charge in [0.25, 0.3) is 17.7 Å². The highest BCUT2D eigenvalue weighted by atomic mass is 32.1. The van der Waals surface area contributed by atoms with Gasteiger partial charge in [-0.05, 0) is 29.8 Å². The molecule has 1 aromatic carbocycles. The van der Waals surface area contributed by atoms with E-state index in [-0.39, 0.29) is 31.5 Å². The number of nitrogens with two attached hydrogens (primary N) is 1. The number of carbonyl (C=O) groups is 3. The van der Waals surface area contributed by atoms with E-state index in [9.17, 15) is 14.4 Å². The number of rotatable bonds is 7. The Bertz CT molecular complexity index is 758. The Hall–Kier alpha value is -2.75. The fourth-order valence-electron chi connectivity index (χ4n) is 1.97. The van der Waals surface area contributed by atoms with Crippen molar-refractivity contribution in [3.05, 3.63) is 57.3 Å². The quantitative estimate of drug-likeness (QED) is 0.269. The van der Waals surface area contributed by atoms with Crippen LogP contribution in [0.4, 0.5) is 0 Å². The molecular weight excluding hydrogens is 344 g/mol. The van der Waals surface area contributed by atoms with Crippen molar-refractivity contribution in [1.82, 2.24) is 16.1 Å².